The predicted molar refractivity (Wildman–Crippen MR) is 139 cm³/mol. The number of hydrogen-bond donors (Lipinski definition) is 2. The molecule has 0 radical (unpaired) electrons. The zero-order chi connectivity index (χ0) is 25.1. The van der Waals surface area contributed by atoms with Crippen LogP contribution in [-0.4, -0.2) is 54.1 Å². The van der Waals surface area contributed by atoms with Crippen LogP contribution in [0.4, 0.5) is 0 Å². The molecule has 1 saturated heterocycles. The van der Waals surface area contributed by atoms with Crippen LogP contribution in [-0.2, 0) is 13.6 Å². The lowest BCUT2D eigenvalue weighted by Crippen LogP contribution is -2.44. The highest BCUT2D eigenvalue weighted by atomic mass is 16.3. The van der Waals surface area contributed by atoms with Gasteiger partial charge in [0.2, 0.25) is 0 Å². The van der Waals surface area contributed by atoms with Gasteiger partial charge in [-0.2, -0.15) is 5.10 Å². The van der Waals surface area contributed by atoms with E-state index in [1.807, 2.05) is 30.1 Å². The zero-order valence-electron chi connectivity index (χ0n) is 20.6. The van der Waals surface area contributed by atoms with Gasteiger partial charge in [-0.15, -0.1) is 0 Å². The lowest BCUT2D eigenvalue weighted by Gasteiger charge is -2.39. The summed E-state index contributed by atoms with van der Waals surface area (Å²) in [5.41, 5.74) is 5.84. The maximum absolute atomic E-state index is 9.88. The molecule has 4 aromatic rings. The van der Waals surface area contributed by atoms with Crippen LogP contribution < -0.4 is 0 Å². The quantitative estimate of drug-likeness (QED) is 0.395. The Bertz CT molecular complexity index is 1350. The maximum atomic E-state index is 9.88. The van der Waals surface area contributed by atoms with Crippen LogP contribution >= 0.6 is 0 Å². The minimum Gasteiger partial charge on any atom is -0.393 e. The Morgan fingerprint density at radius 2 is 1.75 bits per heavy atom. The number of benzene rings is 2. The van der Waals surface area contributed by atoms with Gasteiger partial charge < -0.3 is 14.8 Å². The van der Waals surface area contributed by atoms with E-state index < -0.39 is 12.1 Å². The summed E-state index contributed by atoms with van der Waals surface area (Å²) in [6, 6.07) is 16.5. The number of rotatable bonds is 7. The monoisotopic (exact) mass is 481 g/mol. The van der Waals surface area contributed by atoms with Crippen molar-refractivity contribution in [1.82, 2.24) is 24.2 Å². The number of nitrogens with zero attached hydrogens (tertiary/aromatic N) is 5. The van der Waals surface area contributed by atoms with Gasteiger partial charge in [0, 0.05) is 62.3 Å². The first-order valence-electron chi connectivity index (χ1n) is 12.2. The Labute approximate surface area is 211 Å². The second-order valence-electron chi connectivity index (χ2n) is 9.45. The second-order valence-corrected chi connectivity index (χ2v) is 9.45. The maximum Gasteiger partial charge on any atom is 0.138 e. The van der Waals surface area contributed by atoms with Crippen LogP contribution in [0.1, 0.15) is 47.5 Å². The Hall–Kier alpha value is -3.70. The summed E-state index contributed by atoms with van der Waals surface area (Å²) < 4.78 is 3.57. The summed E-state index contributed by atoms with van der Waals surface area (Å²) in [5, 5.41) is 23.9. The van der Waals surface area contributed by atoms with Crippen LogP contribution in [0.5, 0.6) is 0 Å². The Morgan fingerprint density at radius 1 is 1.06 bits per heavy atom. The van der Waals surface area contributed by atoms with Crippen molar-refractivity contribution < 1.29 is 10.2 Å². The van der Waals surface area contributed by atoms with Crippen LogP contribution in [0.15, 0.2) is 73.3 Å². The minimum absolute atomic E-state index is 0.157. The van der Waals surface area contributed by atoms with Crippen molar-refractivity contribution in [3.05, 3.63) is 95.8 Å². The van der Waals surface area contributed by atoms with Gasteiger partial charge in [-0.25, -0.2) is 4.98 Å². The van der Waals surface area contributed by atoms with Crippen LogP contribution in [0, 0.1) is 11.8 Å². The summed E-state index contributed by atoms with van der Waals surface area (Å²) in [6.45, 7) is 4.61. The largest absolute Gasteiger partial charge is 0.393 e. The molecule has 1 fully saturated rings. The topological polar surface area (TPSA) is 79.3 Å². The van der Waals surface area contributed by atoms with Gasteiger partial charge in [0.25, 0.3) is 0 Å². The molecule has 7 nitrogen and oxygen atoms in total. The molecule has 5 rings (SSSR count). The minimum atomic E-state index is -0.725. The third-order valence-electron chi connectivity index (χ3n) is 6.69. The van der Waals surface area contributed by atoms with Gasteiger partial charge in [0.05, 0.1) is 12.8 Å². The molecular formula is C29H31N5O2. The SMILES string of the molecule is C[C@H](O)c1nccn1[C@@H](C#Cc1ccc(-c2ccc(C3CN(Cc4cnn(C)c4)C3)cc2)cc1)CO. The van der Waals surface area contributed by atoms with Gasteiger partial charge in [-0.3, -0.25) is 9.58 Å². The summed E-state index contributed by atoms with van der Waals surface area (Å²) in [6.07, 6.45) is 6.63. The van der Waals surface area contributed by atoms with E-state index in [4.69, 9.17) is 0 Å². The van der Waals surface area contributed by atoms with E-state index in [0.717, 1.165) is 30.8 Å². The molecule has 2 N–H and O–H groups in total. The summed E-state index contributed by atoms with van der Waals surface area (Å²) >= 11 is 0. The van der Waals surface area contributed by atoms with Crippen molar-refractivity contribution >= 4 is 0 Å². The van der Waals surface area contributed by atoms with Crippen LogP contribution in [0.2, 0.25) is 0 Å². The number of aryl methyl sites for hydroxylation is 1. The van der Waals surface area contributed by atoms with Gasteiger partial charge >= 0.3 is 0 Å². The molecule has 1 aliphatic rings. The molecule has 0 amide bonds. The molecule has 0 unspecified atom stereocenters. The lowest BCUT2D eigenvalue weighted by atomic mass is 9.90. The fraction of sp³-hybridized carbons (Fsp3) is 0.310. The van der Waals surface area contributed by atoms with Crippen molar-refractivity contribution in [2.24, 2.45) is 7.05 Å². The average molecular weight is 482 g/mol. The molecule has 36 heavy (non-hydrogen) atoms. The number of imidazole rings is 1. The van der Waals surface area contributed by atoms with E-state index in [0.29, 0.717) is 11.7 Å². The van der Waals surface area contributed by atoms with E-state index >= 15 is 0 Å². The average Bonchev–Trinajstić information content (AvgIpc) is 3.51. The van der Waals surface area contributed by atoms with Crippen LogP contribution in [0.3, 0.4) is 0 Å². The van der Waals surface area contributed by atoms with Crippen molar-refractivity contribution in [2.45, 2.75) is 31.5 Å². The first kappa shape index (κ1) is 24.0. The Morgan fingerprint density at radius 3 is 2.36 bits per heavy atom. The third-order valence-corrected chi connectivity index (χ3v) is 6.69. The molecule has 2 aromatic heterocycles. The smallest absolute Gasteiger partial charge is 0.138 e. The molecule has 0 bridgehead atoms. The van der Waals surface area contributed by atoms with Gasteiger partial charge in [0.1, 0.15) is 18.0 Å². The molecule has 0 saturated carbocycles. The fourth-order valence-corrected chi connectivity index (χ4v) is 4.70. The highest BCUT2D eigenvalue weighted by Gasteiger charge is 2.28. The van der Waals surface area contributed by atoms with Crippen molar-refractivity contribution in [3.63, 3.8) is 0 Å². The van der Waals surface area contributed by atoms with Crippen molar-refractivity contribution in [2.75, 3.05) is 19.7 Å². The Kier molecular flexibility index (Phi) is 7.01. The van der Waals surface area contributed by atoms with Crippen molar-refractivity contribution in [1.29, 1.82) is 0 Å². The third kappa shape index (κ3) is 5.26. The van der Waals surface area contributed by atoms with Crippen LogP contribution in [0.25, 0.3) is 11.1 Å². The first-order valence-corrected chi connectivity index (χ1v) is 12.2. The van der Waals surface area contributed by atoms with E-state index in [9.17, 15) is 10.2 Å². The molecule has 184 valence electrons. The molecular weight excluding hydrogens is 450 g/mol. The predicted octanol–water partition coefficient (Wildman–Crippen LogP) is 3.52. The highest BCUT2D eigenvalue weighted by Crippen LogP contribution is 2.30. The summed E-state index contributed by atoms with van der Waals surface area (Å²) in [5.74, 6) is 7.31. The number of aliphatic hydroxyl groups is 2. The van der Waals surface area contributed by atoms with E-state index in [1.54, 1.807) is 23.9 Å². The first-order chi connectivity index (χ1) is 17.5. The van der Waals surface area contributed by atoms with E-state index in [2.05, 4.69) is 69.4 Å². The van der Waals surface area contributed by atoms with Gasteiger partial charge in [-0.1, -0.05) is 48.2 Å². The molecule has 0 aliphatic carbocycles. The zero-order valence-corrected chi connectivity index (χ0v) is 20.6. The molecule has 2 aromatic carbocycles. The fourth-order valence-electron chi connectivity index (χ4n) is 4.70. The van der Waals surface area contributed by atoms with Crippen molar-refractivity contribution in [3.8, 4) is 23.0 Å². The molecule has 7 heteroatoms. The molecule has 3 heterocycles. The summed E-state index contributed by atoms with van der Waals surface area (Å²) in [4.78, 5) is 6.61. The van der Waals surface area contributed by atoms with Gasteiger partial charge in [0.15, 0.2) is 0 Å². The Balaban J connectivity index is 1.19. The standard InChI is InChI=1S/C29H31N5O2/c1-21(36)29-30-13-14-34(29)28(20-35)12-5-22-3-6-24(7-4-22)25-8-10-26(11-9-25)27-18-33(19-27)17-23-15-31-32(2)16-23/h3-4,6-11,13-16,21,27-28,35-36H,17-20H2,1-2H3/t21-,28-/m0/s1. The lowest BCUT2D eigenvalue weighted by molar-refractivity contribution is 0.139. The van der Waals surface area contributed by atoms with E-state index in [-0.39, 0.29) is 6.61 Å². The summed E-state index contributed by atoms with van der Waals surface area (Å²) in [7, 11) is 1.95. The number of aromatic nitrogens is 4. The number of likely N-dealkylation sites (tertiary alicyclic amines) is 1. The second kappa shape index (κ2) is 10.5. The molecule has 1 aliphatic heterocycles. The van der Waals surface area contributed by atoms with E-state index in [1.165, 1.54) is 16.7 Å². The van der Waals surface area contributed by atoms with Gasteiger partial charge in [-0.05, 0) is 35.7 Å². The molecule has 0 spiro atoms. The number of hydrogen-bond acceptors (Lipinski definition) is 5. The normalized spacial score (nSPS) is 15.7. The highest BCUT2D eigenvalue weighted by molar-refractivity contribution is 5.64. The number of aliphatic hydroxyl groups excluding tert-OH is 2. The molecule has 2 atom stereocenters.